The minimum atomic E-state index is 0.643. The van der Waals surface area contributed by atoms with E-state index < -0.39 is 0 Å². The Hall–Kier alpha value is -1.06. The number of hydrogen-bond acceptors (Lipinski definition) is 3. The Morgan fingerprint density at radius 2 is 2.00 bits per heavy atom. The zero-order chi connectivity index (χ0) is 14.1. The summed E-state index contributed by atoms with van der Waals surface area (Å²) in [4.78, 5) is 2.43. The van der Waals surface area contributed by atoms with Gasteiger partial charge in [-0.25, -0.2) is 0 Å². The Balaban J connectivity index is 2.86. The summed E-state index contributed by atoms with van der Waals surface area (Å²) in [5, 5.41) is 3.41. The molecule has 1 rings (SSSR count). The highest BCUT2D eigenvalue weighted by molar-refractivity contribution is 5.53. The van der Waals surface area contributed by atoms with E-state index in [1.54, 1.807) is 7.11 Å². The Morgan fingerprint density at radius 1 is 1.26 bits per heavy atom. The molecule has 0 aliphatic heterocycles. The quantitative estimate of drug-likeness (QED) is 0.742. The molecule has 3 heteroatoms. The Labute approximate surface area is 118 Å². The number of anilines is 1. The van der Waals surface area contributed by atoms with Crippen LogP contribution < -0.4 is 10.2 Å². The van der Waals surface area contributed by atoms with E-state index in [-0.39, 0.29) is 0 Å². The van der Waals surface area contributed by atoms with Gasteiger partial charge in [-0.3, -0.25) is 0 Å². The highest BCUT2D eigenvalue weighted by Crippen LogP contribution is 2.21. The van der Waals surface area contributed by atoms with Gasteiger partial charge < -0.3 is 15.0 Å². The zero-order valence-corrected chi connectivity index (χ0v) is 12.8. The van der Waals surface area contributed by atoms with Gasteiger partial charge in [-0.15, -0.1) is 0 Å². The largest absolute Gasteiger partial charge is 0.383 e. The molecule has 1 aromatic rings. The predicted octanol–water partition coefficient (Wildman–Crippen LogP) is 2.90. The number of para-hydroxylation sites is 1. The summed E-state index contributed by atoms with van der Waals surface area (Å²) in [5.74, 6) is 0.643. The van der Waals surface area contributed by atoms with Gasteiger partial charge in [0, 0.05) is 32.4 Å². The van der Waals surface area contributed by atoms with E-state index in [1.165, 1.54) is 11.3 Å². The zero-order valence-electron chi connectivity index (χ0n) is 12.8. The van der Waals surface area contributed by atoms with Crippen LogP contribution in [-0.2, 0) is 11.3 Å². The second-order valence-electron chi connectivity index (χ2n) is 5.24. The van der Waals surface area contributed by atoms with Gasteiger partial charge in [-0.1, -0.05) is 39.0 Å². The second-order valence-corrected chi connectivity index (χ2v) is 5.24. The van der Waals surface area contributed by atoms with E-state index in [4.69, 9.17) is 4.74 Å². The average Bonchev–Trinajstić information content (AvgIpc) is 2.41. The molecule has 0 radical (unpaired) electrons. The molecule has 0 aliphatic carbocycles. The summed E-state index contributed by atoms with van der Waals surface area (Å²) >= 11 is 0. The number of nitrogens with zero attached hydrogens (tertiary/aromatic N) is 1. The molecule has 1 aromatic carbocycles. The maximum absolute atomic E-state index is 5.24. The van der Waals surface area contributed by atoms with Crippen LogP contribution in [0.4, 0.5) is 5.69 Å². The van der Waals surface area contributed by atoms with Crippen LogP contribution >= 0.6 is 0 Å². The van der Waals surface area contributed by atoms with Crippen LogP contribution in [0, 0.1) is 5.92 Å². The topological polar surface area (TPSA) is 24.5 Å². The van der Waals surface area contributed by atoms with Gasteiger partial charge in [0.15, 0.2) is 0 Å². The van der Waals surface area contributed by atoms with Crippen molar-refractivity contribution < 1.29 is 4.74 Å². The van der Waals surface area contributed by atoms with Gasteiger partial charge in [0.05, 0.1) is 6.61 Å². The SMILES string of the molecule is CCNCc1ccccc1N(CCOC)CC(C)C. The summed E-state index contributed by atoms with van der Waals surface area (Å²) in [6.45, 7) is 11.3. The van der Waals surface area contributed by atoms with Crippen molar-refractivity contribution in [3.8, 4) is 0 Å². The molecule has 0 unspecified atom stereocenters. The van der Waals surface area contributed by atoms with Crippen LogP contribution in [-0.4, -0.2) is 33.4 Å². The summed E-state index contributed by atoms with van der Waals surface area (Å²) in [6.07, 6.45) is 0. The molecule has 19 heavy (non-hydrogen) atoms. The lowest BCUT2D eigenvalue weighted by atomic mass is 10.1. The van der Waals surface area contributed by atoms with Crippen LogP contribution in [0.25, 0.3) is 0 Å². The number of rotatable bonds is 9. The monoisotopic (exact) mass is 264 g/mol. The molecule has 0 heterocycles. The number of methoxy groups -OCH3 is 1. The van der Waals surface area contributed by atoms with Crippen molar-refractivity contribution in [3.05, 3.63) is 29.8 Å². The minimum Gasteiger partial charge on any atom is -0.383 e. The standard InChI is InChI=1S/C16H28N2O/c1-5-17-12-15-8-6-7-9-16(15)18(10-11-19-4)13-14(2)3/h6-9,14,17H,5,10-13H2,1-4H3. The third kappa shape index (κ3) is 5.62. The molecule has 0 fully saturated rings. The molecule has 0 atom stereocenters. The summed E-state index contributed by atoms with van der Waals surface area (Å²) < 4.78 is 5.24. The van der Waals surface area contributed by atoms with Gasteiger partial charge in [0.2, 0.25) is 0 Å². The first-order chi connectivity index (χ1) is 9.19. The Morgan fingerprint density at radius 3 is 2.63 bits per heavy atom. The van der Waals surface area contributed by atoms with Crippen molar-refractivity contribution in [1.82, 2.24) is 5.32 Å². The fraction of sp³-hybridized carbons (Fsp3) is 0.625. The first-order valence-corrected chi connectivity index (χ1v) is 7.21. The normalized spacial score (nSPS) is 11.0. The minimum absolute atomic E-state index is 0.643. The average molecular weight is 264 g/mol. The van der Waals surface area contributed by atoms with Crippen molar-refractivity contribution in [1.29, 1.82) is 0 Å². The van der Waals surface area contributed by atoms with Crippen molar-refractivity contribution in [3.63, 3.8) is 0 Å². The van der Waals surface area contributed by atoms with E-state index >= 15 is 0 Å². The highest BCUT2D eigenvalue weighted by Gasteiger charge is 2.11. The third-order valence-electron chi connectivity index (χ3n) is 3.05. The third-order valence-corrected chi connectivity index (χ3v) is 3.05. The number of ether oxygens (including phenoxy) is 1. The van der Waals surface area contributed by atoms with Gasteiger partial charge in [-0.2, -0.15) is 0 Å². The molecule has 0 spiro atoms. The fourth-order valence-electron chi connectivity index (χ4n) is 2.18. The Kier molecular flexibility index (Phi) is 7.53. The van der Waals surface area contributed by atoms with Crippen molar-refractivity contribution >= 4 is 5.69 Å². The lowest BCUT2D eigenvalue weighted by Crippen LogP contribution is -2.32. The summed E-state index contributed by atoms with van der Waals surface area (Å²) in [7, 11) is 1.76. The van der Waals surface area contributed by atoms with Crippen molar-refractivity contribution in [2.75, 3.05) is 38.3 Å². The van der Waals surface area contributed by atoms with Gasteiger partial charge in [0.25, 0.3) is 0 Å². The lowest BCUT2D eigenvalue weighted by Gasteiger charge is -2.28. The smallest absolute Gasteiger partial charge is 0.0637 e. The molecular weight excluding hydrogens is 236 g/mol. The molecule has 0 bridgehead atoms. The predicted molar refractivity (Wildman–Crippen MR) is 82.7 cm³/mol. The van der Waals surface area contributed by atoms with Gasteiger partial charge in [-0.05, 0) is 24.1 Å². The molecule has 0 amide bonds. The fourth-order valence-corrected chi connectivity index (χ4v) is 2.18. The summed E-state index contributed by atoms with van der Waals surface area (Å²) in [5.41, 5.74) is 2.69. The molecule has 0 saturated carbocycles. The molecular formula is C16H28N2O. The van der Waals surface area contributed by atoms with Crippen LogP contribution in [0.1, 0.15) is 26.3 Å². The van der Waals surface area contributed by atoms with Crippen LogP contribution in [0.5, 0.6) is 0 Å². The van der Waals surface area contributed by atoms with Crippen LogP contribution in [0.15, 0.2) is 24.3 Å². The van der Waals surface area contributed by atoms with E-state index in [0.29, 0.717) is 5.92 Å². The van der Waals surface area contributed by atoms with Gasteiger partial charge >= 0.3 is 0 Å². The molecule has 1 N–H and O–H groups in total. The maximum Gasteiger partial charge on any atom is 0.0637 e. The molecule has 0 saturated heterocycles. The van der Waals surface area contributed by atoms with Crippen LogP contribution in [0.3, 0.4) is 0 Å². The Bertz CT molecular complexity index is 352. The second kappa shape index (κ2) is 8.94. The first-order valence-electron chi connectivity index (χ1n) is 7.21. The molecule has 3 nitrogen and oxygen atoms in total. The molecule has 0 aromatic heterocycles. The number of hydrogen-bond donors (Lipinski definition) is 1. The van der Waals surface area contributed by atoms with E-state index in [2.05, 4.69) is 55.3 Å². The lowest BCUT2D eigenvalue weighted by molar-refractivity contribution is 0.204. The van der Waals surface area contributed by atoms with E-state index in [1.807, 2.05) is 0 Å². The van der Waals surface area contributed by atoms with Crippen molar-refractivity contribution in [2.45, 2.75) is 27.3 Å². The molecule has 0 aliphatic rings. The van der Waals surface area contributed by atoms with Crippen molar-refractivity contribution in [2.24, 2.45) is 5.92 Å². The number of benzene rings is 1. The molecule has 108 valence electrons. The summed E-state index contributed by atoms with van der Waals surface area (Å²) in [6, 6.07) is 8.65. The number of nitrogens with one attached hydrogen (secondary N) is 1. The maximum atomic E-state index is 5.24. The van der Waals surface area contributed by atoms with E-state index in [9.17, 15) is 0 Å². The highest BCUT2D eigenvalue weighted by atomic mass is 16.5. The first kappa shape index (κ1) is 16.0. The van der Waals surface area contributed by atoms with Gasteiger partial charge in [0.1, 0.15) is 0 Å². The van der Waals surface area contributed by atoms with E-state index in [0.717, 1.165) is 32.8 Å². The van der Waals surface area contributed by atoms with Crippen LogP contribution in [0.2, 0.25) is 0 Å².